The highest BCUT2D eigenvalue weighted by Crippen LogP contribution is 2.29. The summed E-state index contributed by atoms with van der Waals surface area (Å²) in [5.74, 6) is 1.39. The first-order chi connectivity index (χ1) is 16.4. The van der Waals surface area contributed by atoms with E-state index >= 15 is 0 Å². The van der Waals surface area contributed by atoms with Crippen LogP contribution in [0.2, 0.25) is 0 Å². The molecule has 0 amide bonds. The molecule has 0 bridgehead atoms. The number of aromatic hydroxyl groups is 1. The summed E-state index contributed by atoms with van der Waals surface area (Å²) < 4.78 is 39.1. The highest BCUT2D eigenvalue weighted by molar-refractivity contribution is 5.45. The van der Waals surface area contributed by atoms with E-state index in [4.69, 9.17) is 0 Å². The third-order valence-electron chi connectivity index (χ3n) is 5.36. The van der Waals surface area contributed by atoms with Gasteiger partial charge in [-0.1, -0.05) is 24.3 Å². The molecular weight excluding hydrogens is 447 g/mol. The van der Waals surface area contributed by atoms with Gasteiger partial charge in [0.2, 0.25) is 17.8 Å². The molecule has 2 aromatic carbocycles. The van der Waals surface area contributed by atoms with Crippen LogP contribution in [0.3, 0.4) is 0 Å². The summed E-state index contributed by atoms with van der Waals surface area (Å²) in [5.41, 5.74) is 0.825. The minimum atomic E-state index is -4.40. The molecule has 11 heteroatoms. The fraction of sp³-hybridized carbons (Fsp3) is 0.348. The Morgan fingerprint density at radius 1 is 0.912 bits per heavy atom. The van der Waals surface area contributed by atoms with E-state index in [1.54, 1.807) is 18.2 Å². The molecule has 8 nitrogen and oxygen atoms in total. The van der Waals surface area contributed by atoms with Crippen LogP contribution in [0.25, 0.3) is 0 Å². The van der Waals surface area contributed by atoms with Gasteiger partial charge in [-0.15, -0.1) is 0 Å². The molecule has 0 unspecified atom stereocenters. The van der Waals surface area contributed by atoms with Crippen molar-refractivity contribution >= 4 is 17.8 Å². The van der Waals surface area contributed by atoms with E-state index in [9.17, 15) is 18.3 Å². The fourth-order valence-corrected chi connectivity index (χ4v) is 3.55. The number of phenolic OH excluding ortho intramolecular Hbond substituents is 1. The van der Waals surface area contributed by atoms with Crippen LogP contribution in [0.4, 0.5) is 31.0 Å². The summed E-state index contributed by atoms with van der Waals surface area (Å²) in [6.07, 6.45) is -3.70. The second kappa shape index (κ2) is 10.6. The lowest BCUT2D eigenvalue weighted by atomic mass is 10.1. The van der Waals surface area contributed by atoms with Crippen molar-refractivity contribution in [3.8, 4) is 5.75 Å². The van der Waals surface area contributed by atoms with Crippen LogP contribution in [0, 0.1) is 0 Å². The van der Waals surface area contributed by atoms with Crippen LogP contribution < -0.4 is 20.9 Å². The maximum absolute atomic E-state index is 13.0. The zero-order valence-corrected chi connectivity index (χ0v) is 18.4. The molecule has 1 fully saturated rings. The molecule has 0 saturated carbocycles. The van der Waals surface area contributed by atoms with Gasteiger partial charge in [0, 0.05) is 39.3 Å². The van der Waals surface area contributed by atoms with Crippen molar-refractivity contribution in [1.82, 2.24) is 20.3 Å². The molecule has 1 aliphatic heterocycles. The van der Waals surface area contributed by atoms with Crippen LogP contribution >= 0.6 is 0 Å². The summed E-state index contributed by atoms with van der Waals surface area (Å²) in [7, 11) is 0. The van der Waals surface area contributed by atoms with Crippen molar-refractivity contribution in [1.29, 1.82) is 0 Å². The molecular formula is C23H26F3N7O. The summed E-state index contributed by atoms with van der Waals surface area (Å²) in [6.45, 7) is 3.80. The molecule has 34 heavy (non-hydrogen) atoms. The molecule has 4 rings (SSSR count). The van der Waals surface area contributed by atoms with Gasteiger partial charge in [-0.05, 0) is 41.8 Å². The van der Waals surface area contributed by atoms with Crippen molar-refractivity contribution in [2.45, 2.75) is 19.1 Å². The Hall–Kier alpha value is -3.60. The van der Waals surface area contributed by atoms with Gasteiger partial charge in [0.25, 0.3) is 0 Å². The lowest BCUT2D eigenvalue weighted by Crippen LogP contribution is -2.44. The van der Waals surface area contributed by atoms with Gasteiger partial charge >= 0.3 is 6.18 Å². The minimum Gasteiger partial charge on any atom is -0.508 e. The molecule has 3 aromatic rings. The van der Waals surface area contributed by atoms with E-state index in [0.717, 1.165) is 43.9 Å². The van der Waals surface area contributed by atoms with Crippen LogP contribution in [0.15, 0.2) is 48.5 Å². The molecule has 1 aliphatic rings. The summed E-state index contributed by atoms with van der Waals surface area (Å²) in [6, 6.07) is 12.1. The van der Waals surface area contributed by atoms with E-state index in [-0.39, 0.29) is 18.2 Å². The molecule has 1 aromatic heterocycles. The molecule has 2 heterocycles. The first kappa shape index (κ1) is 23.6. The Bertz CT molecular complexity index is 1090. The van der Waals surface area contributed by atoms with Crippen LogP contribution in [-0.4, -0.2) is 52.8 Å². The monoisotopic (exact) mass is 473 g/mol. The third-order valence-corrected chi connectivity index (χ3v) is 5.36. The number of phenols is 1. The predicted octanol–water partition coefficient (Wildman–Crippen LogP) is 3.27. The maximum Gasteiger partial charge on any atom is 0.416 e. The molecule has 0 spiro atoms. The van der Waals surface area contributed by atoms with Crippen LogP contribution in [0.5, 0.6) is 5.75 Å². The average Bonchev–Trinajstić information content (AvgIpc) is 2.84. The normalized spacial score (nSPS) is 14.1. The summed E-state index contributed by atoms with van der Waals surface area (Å²) in [4.78, 5) is 15.5. The number of nitrogens with one attached hydrogen (secondary N) is 3. The average molecular weight is 474 g/mol. The number of halogens is 3. The first-order valence-electron chi connectivity index (χ1n) is 11.0. The van der Waals surface area contributed by atoms with Crippen molar-refractivity contribution in [3.05, 3.63) is 65.2 Å². The Morgan fingerprint density at radius 3 is 2.32 bits per heavy atom. The zero-order valence-electron chi connectivity index (χ0n) is 18.4. The number of piperazine rings is 1. The van der Waals surface area contributed by atoms with Gasteiger partial charge in [-0.3, -0.25) is 0 Å². The Kier molecular flexibility index (Phi) is 7.31. The van der Waals surface area contributed by atoms with Crippen molar-refractivity contribution in [2.24, 2.45) is 0 Å². The van der Waals surface area contributed by atoms with Gasteiger partial charge in [-0.25, -0.2) is 0 Å². The second-order valence-corrected chi connectivity index (χ2v) is 7.91. The topological polar surface area (TPSA) is 98.2 Å². The van der Waals surface area contributed by atoms with Crippen molar-refractivity contribution < 1.29 is 18.3 Å². The number of alkyl halides is 3. The largest absolute Gasteiger partial charge is 0.508 e. The smallest absolute Gasteiger partial charge is 0.416 e. The number of hydrogen-bond donors (Lipinski definition) is 4. The van der Waals surface area contributed by atoms with Crippen molar-refractivity contribution in [3.63, 3.8) is 0 Å². The van der Waals surface area contributed by atoms with Gasteiger partial charge in [0.1, 0.15) is 5.75 Å². The standard InChI is InChI=1S/C23H26F3N7O/c24-23(25,26)18-3-1-2-17(14-18)15-29-21-30-20(28-9-8-16-4-6-19(34)7-5-16)31-22(32-21)33-12-10-27-11-13-33/h1-7,14,27,34H,8-13,15H2,(H2,28,29,30,31,32). The molecule has 4 N–H and O–H groups in total. The number of nitrogens with zero attached hydrogens (tertiary/aromatic N) is 4. The third kappa shape index (κ3) is 6.47. The Labute approximate surface area is 195 Å². The highest BCUT2D eigenvalue weighted by atomic mass is 19.4. The fourth-order valence-electron chi connectivity index (χ4n) is 3.55. The quantitative estimate of drug-likeness (QED) is 0.396. The Morgan fingerprint density at radius 2 is 1.62 bits per heavy atom. The lowest BCUT2D eigenvalue weighted by Gasteiger charge is -2.27. The van der Waals surface area contributed by atoms with E-state index in [0.29, 0.717) is 30.4 Å². The van der Waals surface area contributed by atoms with Gasteiger partial charge in [-0.2, -0.15) is 28.1 Å². The van der Waals surface area contributed by atoms with Crippen LogP contribution in [-0.2, 0) is 19.1 Å². The highest BCUT2D eigenvalue weighted by Gasteiger charge is 2.30. The summed E-state index contributed by atoms with van der Waals surface area (Å²) in [5, 5.41) is 18.9. The van der Waals surface area contributed by atoms with E-state index < -0.39 is 11.7 Å². The molecule has 180 valence electrons. The Balaban J connectivity index is 1.47. The molecule has 0 radical (unpaired) electrons. The van der Waals surface area contributed by atoms with Gasteiger partial charge < -0.3 is 26.0 Å². The molecule has 0 atom stereocenters. The van der Waals surface area contributed by atoms with Gasteiger partial charge in [0.05, 0.1) is 5.56 Å². The van der Waals surface area contributed by atoms with E-state index in [1.807, 2.05) is 17.0 Å². The SMILES string of the molecule is Oc1ccc(CCNc2nc(NCc3cccc(C(F)(F)F)c3)nc(N3CCNCC3)n2)cc1. The lowest BCUT2D eigenvalue weighted by molar-refractivity contribution is -0.137. The number of benzene rings is 2. The first-order valence-corrected chi connectivity index (χ1v) is 11.0. The number of rotatable bonds is 8. The predicted molar refractivity (Wildman–Crippen MR) is 124 cm³/mol. The van der Waals surface area contributed by atoms with Gasteiger partial charge in [0.15, 0.2) is 0 Å². The molecule has 0 aliphatic carbocycles. The molecule has 1 saturated heterocycles. The van der Waals surface area contributed by atoms with Crippen LogP contribution in [0.1, 0.15) is 16.7 Å². The number of hydrogen-bond acceptors (Lipinski definition) is 8. The minimum absolute atomic E-state index is 0.141. The maximum atomic E-state index is 13.0. The number of anilines is 3. The van der Waals surface area contributed by atoms with E-state index in [2.05, 4.69) is 30.9 Å². The van der Waals surface area contributed by atoms with E-state index in [1.165, 1.54) is 6.07 Å². The number of aromatic nitrogens is 3. The zero-order chi connectivity index (χ0) is 24.0. The van der Waals surface area contributed by atoms with Crippen molar-refractivity contribution in [2.75, 3.05) is 48.3 Å². The summed E-state index contributed by atoms with van der Waals surface area (Å²) >= 11 is 0. The second-order valence-electron chi connectivity index (χ2n) is 7.91.